The number of amides is 1. The number of rotatable bonds is 8. The minimum Gasteiger partial charge on any atom is -0.495 e. The number of nitrogens with two attached hydrogens (primary N) is 1. The second-order valence-electron chi connectivity index (χ2n) is 4.53. The van der Waals surface area contributed by atoms with E-state index in [0.29, 0.717) is 35.7 Å². The Hall–Kier alpha value is -2.54. The van der Waals surface area contributed by atoms with E-state index in [2.05, 4.69) is 17.2 Å². The zero-order valence-electron chi connectivity index (χ0n) is 12.7. The molecule has 0 aliphatic carbocycles. The van der Waals surface area contributed by atoms with E-state index in [-0.39, 0.29) is 24.0 Å². The number of anilines is 2. The fourth-order valence-electron chi connectivity index (χ4n) is 1.98. The molecule has 22 heavy (non-hydrogen) atoms. The van der Waals surface area contributed by atoms with Crippen molar-refractivity contribution in [3.63, 3.8) is 0 Å². The molecule has 0 atom stereocenters. The Bertz CT molecular complexity index is 585. The molecule has 0 aliphatic heterocycles. The fourth-order valence-corrected chi connectivity index (χ4v) is 1.98. The normalized spacial score (nSPS) is 9.95. The first kappa shape index (κ1) is 17.5. The molecule has 0 saturated carbocycles. The van der Waals surface area contributed by atoms with Gasteiger partial charge in [-0.15, -0.1) is 0 Å². The lowest BCUT2D eigenvalue weighted by molar-refractivity contribution is -0.116. The van der Waals surface area contributed by atoms with Crippen LogP contribution >= 0.6 is 0 Å². The number of ether oxygens (including phenoxy) is 1. The first-order valence-corrected chi connectivity index (χ1v) is 6.71. The largest absolute Gasteiger partial charge is 0.495 e. The number of Topliss-reactive ketones (excluding diaryl/α,β-unsaturated/α-hetero) is 1. The van der Waals surface area contributed by atoms with Crippen molar-refractivity contribution in [1.82, 2.24) is 5.32 Å². The van der Waals surface area contributed by atoms with Gasteiger partial charge in [0.15, 0.2) is 5.78 Å². The molecule has 5 N–H and O–H groups in total. The Labute approximate surface area is 129 Å². The molecule has 0 radical (unpaired) electrons. The number of carbonyl (C=O) groups excluding carboxylic acids is 2. The monoisotopic (exact) mass is 307 g/mol. The predicted molar refractivity (Wildman–Crippen MR) is 85.0 cm³/mol. The van der Waals surface area contributed by atoms with Gasteiger partial charge in [-0.1, -0.05) is 6.58 Å². The Balaban J connectivity index is 3.02. The van der Waals surface area contributed by atoms with E-state index >= 15 is 0 Å². The van der Waals surface area contributed by atoms with Gasteiger partial charge in [0.25, 0.3) is 0 Å². The summed E-state index contributed by atoms with van der Waals surface area (Å²) in [5.41, 5.74) is 7.34. The summed E-state index contributed by atoms with van der Waals surface area (Å²) in [7, 11) is 1.46. The molecule has 0 aliphatic rings. The van der Waals surface area contributed by atoms with E-state index in [1.165, 1.54) is 26.2 Å². The maximum atomic E-state index is 11.6. The predicted octanol–water partition coefficient (Wildman–Crippen LogP) is 0.686. The van der Waals surface area contributed by atoms with E-state index in [9.17, 15) is 14.7 Å². The van der Waals surface area contributed by atoms with Crippen molar-refractivity contribution >= 4 is 23.1 Å². The standard InChI is InChI=1S/C15H21N3O4/c1-4-13(21)17-5-6-18-15-11(8-19)14(16)10(9(2)20)7-12(15)22-3/h4,7,18-19H,1,5-6,8,16H2,2-3H3,(H,17,21). The second-order valence-corrected chi connectivity index (χ2v) is 4.53. The zero-order chi connectivity index (χ0) is 16.7. The van der Waals surface area contributed by atoms with Crippen molar-refractivity contribution in [2.24, 2.45) is 0 Å². The van der Waals surface area contributed by atoms with Crippen LogP contribution in [0.2, 0.25) is 0 Å². The Morgan fingerprint density at radius 1 is 1.45 bits per heavy atom. The molecule has 1 aromatic rings. The van der Waals surface area contributed by atoms with Gasteiger partial charge in [0.05, 0.1) is 25.1 Å². The topological polar surface area (TPSA) is 114 Å². The summed E-state index contributed by atoms with van der Waals surface area (Å²) in [6, 6.07) is 1.53. The van der Waals surface area contributed by atoms with Crippen LogP contribution < -0.4 is 21.1 Å². The molecule has 0 unspecified atom stereocenters. The molecule has 0 fully saturated rings. The quantitative estimate of drug-likeness (QED) is 0.243. The number of ketones is 1. The Morgan fingerprint density at radius 2 is 2.14 bits per heavy atom. The van der Waals surface area contributed by atoms with Crippen molar-refractivity contribution in [2.45, 2.75) is 13.5 Å². The average molecular weight is 307 g/mol. The summed E-state index contributed by atoms with van der Waals surface area (Å²) < 4.78 is 5.25. The van der Waals surface area contributed by atoms with E-state index < -0.39 is 0 Å². The number of benzene rings is 1. The van der Waals surface area contributed by atoms with Gasteiger partial charge < -0.3 is 26.2 Å². The van der Waals surface area contributed by atoms with Gasteiger partial charge in [0, 0.05) is 24.2 Å². The van der Waals surface area contributed by atoms with E-state index in [1.807, 2.05) is 0 Å². The third-order valence-corrected chi connectivity index (χ3v) is 3.11. The van der Waals surface area contributed by atoms with Crippen molar-refractivity contribution < 1.29 is 19.4 Å². The molecule has 0 bridgehead atoms. The summed E-state index contributed by atoms with van der Waals surface area (Å²) >= 11 is 0. The van der Waals surface area contributed by atoms with E-state index in [0.717, 1.165) is 0 Å². The molecule has 7 heteroatoms. The number of hydrogen-bond donors (Lipinski definition) is 4. The molecule has 7 nitrogen and oxygen atoms in total. The van der Waals surface area contributed by atoms with Gasteiger partial charge in [-0.25, -0.2) is 0 Å². The van der Waals surface area contributed by atoms with Crippen molar-refractivity contribution in [2.75, 3.05) is 31.2 Å². The number of aliphatic hydroxyl groups is 1. The number of methoxy groups -OCH3 is 1. The van der Waals surface area contributed by atoms with Gasteiger partial charge in [0.1, 0.15) is 5.75 Å². The van der Waals surface area contributed by atoms with Crippen LogP contribution in [0.4, 0.5) is 11.4 Å². The molecule has 120 valence electrons. The van der Waals surface area contributed by atoms with Crippen LogP contribution in [0.5, 0.6) is 5.75 Å². The highest BCUT2D eigenvalue weighted by atomic mass is 16.5. The lowest BCUT2D eigenvalue weighted by Crippen LogP contribution is -2.27. The highest BCUT2D eigenvalue weighted by Gasteiger charge is 2.18. The fraction of sp³-hybridized carbons (Fsp3) is 0.333. The van der Waals surface area contributed by atoms with Crippen LogP contribution in [-0.2, 0) is 11.4 Å². The highest BCUT2D eigenvalue weighted by Crippen LogP contribution is 2.35. The van der Waals surface area contributed by atoms with Gasteiger partial charge in [0.2, 0.25) is 5.91 Å². The van der Waals surface area contributed by atoms with Crippen molar-refractivity contribution in [1.29, 1.82) is 0 Å². The molecule has 0 spiro atoms. The molecule has 1 aromatic carbocycles. The molecular formula is C15H21N3O4. The van der Waals surface area contributed by atoms with Gasteiger partial charge in [-0.05, 0) is 19.1 Å². The third kappa shape index (κ3) is 3.98. The zero-order valence-corrected chi connectivity index (χ0v) is 12.7. The number of nitrogen functional groups attached to an aromatic ring is 1. The molecule has 1 rings (SSSR count). The maximum absolute atomic E-state index is 11.6. The van der Waals surface area contributed by atoms with Crippen LogP contribution in [0, 0.1) is 0 Å². The molecule has 1 amide bonds. The smallest absolute Gasteiger partial charge is 0.243 e. The minimum absolute atomic E-state index is 0.213. The maximum Gasteiger partial charge on any atom is 0.243 e. The summed E-state index contributed by atoms with van der Waals surface area (Å²) in [5, 5.41) is 15.2. The van der Waals surface area contributed by atoms with Crippen LogP contribution in [0.25, 0.3) is 0 Å². The van der Waals surface area contributed by atoms with E-state index in [1.54, 1.807) is 0 Å². The van der Waals surface area contributed by atoms with Gasteiger partial charge in [-0.3, -0.25) is 9.59 Å². The van der Waals surface area contributed by atoms with Crippen LogP contribution in [-0.4, -0.2) is 37.0 Å². The summed E-state index contributed by atoms with van der Waals surface area (Å²) in [5.74, 6) is -0.0867. The van der Waals surface area contributed by atoms with Crippen molar-refractivity contribution in [3.8, 4) is 5.75 Å². The minimum atomic E-state index is -0.343. The number of hydrogen-bond acceptors (Lipinski definition) is 6. The SMILES string of the molecule is C=CC(=O)NCCNc1c(OC)cc(C(C)=O)c(N)c1CO. The summed E-state index contributed by atoms with van der Waals surface area (Å²) in [6.07, 6.45) is 1.18. The highest BCUT2D eigenvalue weighted by molar-refractivity contribution is 6.01. The van der Waals surface area contributed by atoms with Crippen LogP contribution in [0.15, 0.2) is 18.7 Å². The van der Waals surface area contributed by atoms with Gasteiger partial charge >= 0.3 is 0 Å². The number of carbonyl (C=O) groups is 2. The molecule has 0 saturated heterocycles. The summed E-state index contributed by atoms with van der Waals surface area (Å²) in [6.45, 7) is 5.15. The van der Waals surface area contributed by atoms with Crippen LogP contribution in [0.1, 0.15) is 22.8 Å². The first-order chi connectivity index (χ1) is 10.5. The second kappa shape index (κ2) is 8.04. The summed E-state index contributed by atoms with van der Waals surface area (Å²) in [4.78, 5) is 22.7. The first-order valence-electron chi connectivity index (χ1n) is 6.71. The lowest BCUT2D eigenvalue weighted by Gasteiger charge is -2.18. The third-order valence-electron chi connectivity index (χ3n) is 3.11. The Morgan fingerprint density at radius 3 is 2.64 bits per heavy atom. The van der Waals surface area contributed by atoms with Crippen molar-refractivity contribution in [3.05, 3.63) is 29.8 Å². The lowest BCUT2D eigenvalue weighted by atomic mass is 10.0. The molecule has 0 heterocycles. The van der Waals surface area contributed by atoms with Crippen LogP contribution in [0.3, 0.4) is 0 Å². The average Bonchev–Trinajstić information content (AvgIpc) is 2.50. The number of aliphatic hydroxyl groups excluding tert-OH is 1. The Kier molecular flexibility index (Phi) is 6.40. The molecule has 0 aromatic heterocycles. The number of nitrogens with one attached hydrogen (secondary N) is 2. The van der Waals surface area contributed by atoms with E-state index in [4.69, 9.17) is 10.5 Å². The molecular weight excluding hydrogens is 286 g/mol. The van der Waals surface area contributed by atoms with Gasteiger partial charge in [-0.2, -0.15) is 0 Å².